The van der Waals surface area contributed by atoms with Crippen molar-refractivity contribution >= 4 is 38.9 Å². The summed E-state index contributed by atoms with van der Waals surface area (Å²) in [7, 11) is -1.90. The number of ether oxygens (including phenoxy) is 1. The van der Waals surface area contributed by atoms with E-state index < -0.39 is 10.0 Å². The summed E-state index contributed by atoms with van der Waals surface area (Å²) in [5.74, 6) is -0.287. The van der Waals surface area contributed by atoms with E-state index in [1.54, 1.807) is 13.2 Å². The average Bonchev–Trinajstić information content (AvgIpc) is 3.34. The molecule has 1 aromatic heterocycles. The summed E-state index contributed by atoms with van der Waals surface area (Å²) in [5, 5.41) is 2.81. The zero-order valence-corrected chi connectivity index (χ0v) is 17.2. The summed E-state index contributed by atoms with van der Waals surface area (Å²) in [5.41, 5.74) is 0.398. The zero-order chi connectivity index (χ0) is 19.4. The lowest BCUT2D eigenvalue weighted by Crippen LogP contribution is -2.29. The standard InChI is InChI=1S/C18H21ClN2O4S2/c1-25-15(16-8-9-17(19)26-16)12-20-18(22)13-4-6-14(7-5-13)27(23,24)21-10-2-3-11-21/h4-9,15H,2-3,10-12H2,1H3,(H,20,22). The van der Waals surface area contributed by atoms with Crippen LogP contribution in [0, 0.1) is 0 Å². The minimum atomic E-state index is -3.47. The highest BCUT2D eigenvalue weighted by molar-refractivity contribution is 7.89. The Labute approximate surface area is 168 Å². The molecule has 3 rings (SSSR count). The molecule has 1 saturated heterocycles. The quantitative estimate of drug-likeness (QED) is 0.734. The van der Waals surface area contributed by atoms with E-state index in [9.17, 15) is 13.2 Å². The molecule has 1 aliphatic rings. The van der Waals surface area contributed by atoms with Gasteiger partial charge >= 0.3 is 0 Å². The number of nitrogens with one attached hydrogen (secondary N) is 1. The average molecular weight is 429 g/mol. The molecule has 1 N–H and O–H groups in total. The fraction of sp³-hybridized carbons (Fsp3) is 0.389. The van der Waals surface area contributed by atoms with Crippen molar-refractivity contribution in [2.24, 2.45) is 0 Å². The van der Waals surface area contributed by atoms with E-state index in [0.29, 0.717) is 29.5 Å². The summed E-state index contributed by atoms with van der Waals surface area (Å²) in [6.07, 6.45) is 1.48. The highest BCUT2D eigenvalue weighted by Gasteiger charge is 2.27. The zero-order valence-electron chi connectivity index (χ0n) is 14.9. The van der Waals surface area contributed by atoms with Crippen LogP contribution in [0.5, 0.6) is 0 Å². The van der Waals surface area contributed by atoms with Crippen molar-refractivity contribution in [3.63, 3.8) is 0 Å². The Morgan fingerprint density at radius 3 is 2.44 bits per heavy atom. The highest BCUT2D eigenvalue weighted by Crippen LogP contribution is 2.28. The molecule has 1 amide bonds. The van der Waals surface area contributed by atoms with Crippen molar-refractivity contribution in [3.8, 4) is 0 Å². The molecule has 2 aromatic rings. The summed E-state index contributed by atoms with van der Waals surface area (Å²) in [4.78, 5) is 13.5. The summed E-state index contributed by atoms with van der Waals surface area (Å²) in [6.45, 7) is 1.39. The Morgan fingerprint density at radius 2 is 1.89 bits per heavy atom. The number of thiophene rings is 1. The molecule has 146 valence electrons. The van der Waals surface area contributed by atoms with Crippen molar-refractivity contribution in [1.29, 1.82) is 0 Å². The van der Waals surface area contributed by atoms with Crippen molar-refractivity contribution in [3.05, 3.63) is 51.2 Å². The second-order valence-electron chi connectivity index (χ2n) is 6.21. The minimum absolute atomic E-state index is 0.212. The number of sulfonamides is 1. The van der Waals surface area contributed by atoms with Crippen molar-refractivity contribution in [2.45, 2.75) is 23.8 Å². The van der Waals surface area contributed by atoms with E-state index in [-0.39, 0.29) is 16.9 Å². The van der Waals surface area contributed by atoms with Crippen LogP contribution >= 0.6 is 22.9 Å². The smallest absolute Gasteiger partial charge is 0.251 e. The number of halogens is 1. The van der Waals surface area contributed by atoms with Gasteiger partial charge in [-0.15, -0.1) is 11.3 Å². The maximum atomic E-state index is 12.5. The van der Waals surface area contributed by atoms with Crippen molar-refractivity contribution < 1.29 is 17.9 Å². The van der Waals surface area contributed by atoms with Crippen LogP contribution in [0.15, 0.2) is 41.3 Å². The maximum Gasteiger partial charge on any atom is 0.251 e. The van der Waals surface area contributed by atoms with Crippen LogP contribution in [-0.4, -0.2) is 45.4 Å². The maximum absolute atomic E-state index is 12.5. The second kappa shape index (κ2) is 8.70. The van der Waals surface area contributed by atoms with Crippen molar-refractivity contribution in [1.82, 2.24) is 9.62 Å². The van der Waals surface area contributed by atoms with E-state index in [0.717, 1.165) is 17.7 Å². The van der Waals surface area contributed by atoms with Crippen LogP contribution in [-0.2, 0) is 14.8 Å². The topological polar surface area (TPSA) is 75.7 Å². The Kier molecular flexibility index (Phi) is 6.54. The Morgan fingerprint density at radius 1 is 1.22 bits per heavy atom. The molecule has 1 aliphatic heterocycles. The SMILES string of the molecule is COC(CNC(=O)c1ccc(S(=O)(=O)N2CCCC2)cc1)c1ccc(Cl)s1. The number of rotatable bonds is 7. The molecule has 0 saturated carbocycles. The van der Waals surface area contributed by atoms with Gasteiger partial charge in [-0.25, -0.2) is 8.42 Å². The molecule has 0 spiro atoms. The number of amides is 1. The van der Waals surface area contributed by atoms with Crippen LogP contribution in [0.3, 0.4) is 0 Å². The number of carbonyl (C=O) groups is 1. The van der Waals surface area contributed by atoms with E-state index in [1.807, 2.05) is 6.07 Å². The van der Waals surface area contributed by atoms with Crippen LogP contribution in [0.25, 0.3) is 0 Å². The van der Waals surface area contributed by atoms with Gasteiger partial charge in [0.15, 0.2) is 0 Å². The Bertz CT molecular complexity index is 890. The Balaban J connectivity index is 1.63. The summed E-state index contributed by atoms with van der Waals surface area (Å²) < 4.78 is 32.6. The van der Waals surface area contributed by atoms with Crippen LogP contribution in [0.1, 0.15) is 34.2 Å². The first-order valence-corrected chi connectivity index (χ1v) is 11.2. The van der Waals surface area contributed by atoms with Gasteiger partial charge in [0.1, 0.15) is 6.10 Å². The fourth-order valence-corrected chi connectivity index (χ4v) is 5.60. The van der Waals surface area contributed by atoms with Gasteiger partial charge in [0, 0.05) is 37.2 Å². The predicted molar refractivity (Wildman–Crippen MR) is 106 cm³/mol. The second-order valence-corrected chi connectivity index (χ2v) is 9.90. The van der Waals surface area contributed by atoms with E-state index in [1.165, 1.54) is 39.9 Å². The lowest BCUT2D eigenvalue weighted by molar-refractivity contribution is 0.0837. The monoisotopic (exact) mass is 428 g/mol. The van der Waals surface area contributed by atoms with Crippen LogP contribution in [0.2, 0.25) is 4.34 Å². The largest absolute Gasteiger partial charge is 0.374 e. The van der Waals surface area contributed by atoms with Crippen LogP contribution < -0.4 is 5.32 Å². The lowest BCUT2D eigenvalue weighted by atomic mass is 10.2. The van der Waals surface area contributed by atoms with Gasteiger partial charge < -0.3 is 10.1 Å². The van der Waals surface area contributed by atoms with Gasteiger partial charge in [-0.1, -0.05) is 11.6 Å². The van der Waals surface area contributed by atoms with Gasteiger partial charge in [0.05, 0.1) is 9.23 Å². The van der Waals surface area contributed by atoms with Gasteiger partial charge in [0.25, 0.3) is 5.91 Å². The molecule has 0 aliphatic carbocycles. The minimum Gasteiger partial charge on any atom is -0.374 e. The van der Waals surface area contributed by atoms with Crippen molar-refractivity contribution in [2.75, 3.05) is 26.7 Å². The van der Waals surface area contributed by atoms with E-state index in [4.69, 9.17) is 16.3 Å². The molecule has 1 aromatic carbocycles. The number of hydrogen-bond acceptors (Lipinski definition) is 5. The molecule has 9 heteroatoms. The first-order valence-electron chi connectivity index (χ1n) is 8.58. The third kappa shape index (κ3) is 4.70. The third-order valence-electron chi connectivity index (χ3n) is 4.46. The fourth-order valence-electron chi connectivity index (χ4n) is 2.94. The van der Waals surface area contributed by atoms with E-state index >= 15 is 0 Å². The number of hydrogen-bond donors (Lipinski definition) is 1. The highest BCUT2D eigenvalue weighted by atomic mass is 35.5. The molecule has 6 nitrogen and oxygen atoms in total. The predicted octanol–water partition coefficient (Wildman–Crippen LogP) is 3.30. The molecular formula is C18H21ClN2O4S2. The van der Waals surface area contributed by atoms with Gasteiger partial charge in [0.2, 0.25) is 10.0 Å². The van der Waals surface area contributed by atoms with Gasteiger partial charge in [-0.05, 0) is 49.2 Å². The molecule has 0 radical (unpaired) electrons. The number of carbonyl (C=O) groups excluding carboxylic acids is 1. The van der Waals surface area contributed by atoms with Crippen LogP contribution in [0.4, 0.5) is 0 Å². The lowest BCUT2D eigenvalue weighted by Gasteiger charge is -2.16. The summed E-state index contributed by atoms with van der Waals surface area (Å²) in [6, 6.07) is 9.68. The molecule has 2 heterocycles. The molecule has 1 fully saturated rings. The third-order valence-corrected chi connectivity index (χ3v) is 7.70. The number of methoxy groups -OCH3 is 1. The molecule has 1 atom stereocenters. The van der Waals surface area contributed by atoms with Gasteiger partial charge in [-0.3, -0.25) is 4.79 Å². The Hall–Kier alpha value is -1.45. The number of nitrogens with zero attached hydrogens (tertiary/aromatic N) is 1. The molecule has 27 heavy (non-hydrogen) atoms. The van der Waals surface area contributed by atoms with E-state index in [2.05, 4.69) is 5.32 Å². The summed E-state index contributed by atoms with van der Waals surface area (Å²) >= 11 is 7.34. The first-order chi connectivity index (χ1) is 12.9. The number of benzene rings is 1. The van der Waals surface area contributed by atoms with Gasteiger partial charge in [-0.2, -0.15) is 4.31 Å². The molecule has 1 unspecified atom stereocenters. The first kappa shape index (κ1) is 20.3. The molecule has 0 bridgehead atoms. The normalized spacial score (nSPS) is 16.4. The molecular weight excluding hydrogens is 408 g/mol.